The van der Waals surface area contributed by atoms with Crippen molar-refractivity contribution in [2.24, 2.45) is 17.6 Å². The van der Waals surface area contributed by atoms with Crippen LogP contribution < -0.4 is 5.73 Å². The topological polar surface area (TPSA) is 46.3 Å². The molecular weight excluding hydrogens is 188 g/mol. The molecule has 1 rings (SSSR count). The largest absolute Gasteiger partial charge is 0.342 e. The summed E-state index contributed by atoms with van der Waals surface area (Å²) in [6.45, 7) is 8.32. The minimum atomic E-state index is 0.134. The maximum absolute atomic E-state index is 11.8. The van der Waals surface area contributed by atoms with E-state index in [4.69, 9.17) is 5.73 Å². The minimum absolute atomic E-state index is 0.134. The maximum Gasteiger partial charge on any atom is 0.222 e. The van der Waals surface area contributed by atoms with Crippen LogP contribution in [0.5, 0.6) is 0 Å². The Hall–Kier alpha value is -0.570. The van der Waals surface area contributed by atoms with Gasteiger partial charge in [-0.25, -0.2) is 0 Å². The van der Waals surface area contributed by atoms with Gasteiger partial charge in [-0.2, -0.15) is 0 Å². The number of piperidine rings is 1. The highest BCUT2D eigenvalue weighted by atomic mass is 16.2. The molecule has 0 aromatic carbocycles. The van der Waals surface area contributed by atoms with Gasteiger partial charge in [0.15, 0.2) is 0 Å². The SMILES string of the molecule is CC(N)CCC(=O)N1CCC(C)C(C)C1. The van der Waals surface area contributed by atoms with Gasteiger partial charge in [0.1, 0.15) is 0 Å². The van der Waals surface area contributed by atoms with Crippen molar-refractivity contribution in [2.75, 3.05) is 13.1 Å². The first-order valence-electron chi connectivity index (χ1n) is 6.04. The van der Waals surface area contributed by atoms with Crippen LogP contribution in [0.4, 0.5) is 0 Å². The van der Waals surface area contributed by atoms with Crippen LogP contribution in [0.3, 0.4) is 0 Å². The molecule has 3 atom stereocenters. The molecule has 3 unspecified atom stereocenters. The van der Waals surface area contributed by atoms with Crippen molar-refractivity contribution in [1.82, 2.24) is 4.90 Å². The molecule has 2 N–H and O–H groups in total. The van der Waals surface area contributed by atoms with Crippen LogP contribution in [0.15, 0.2) is 0 Å². The molecule has 1 aliphatic rings. The lowest BCUT2D eigenvalue weighted by atomic mass is 9.88. The third-order valence-electron chi connectivity index (χ3n) is 3.50. The fourth-order valence-electron chi connectivity index (χ4n) is 2.00. The number of likely N-dealkylation sites (tertiary alicyclic amines) is 1. The fraction of sp³-hybridized carbons (Fsp3) is 0.917. The molecule has 0 radical (unpaired) electrons. The van der Waals surface area contributed by atoms with Crippen LogP contribution >= 0.6 is 0 Å². The van der Waals surface area contributed by atoms with Crippen molar-refractivity contribution in [3.8, 4) is 0 Å². The molecule has 1 amide bonds. The summed E-state index contributed by atoms with van der Waals surface area (Å²) < 4.78 is 0. The Bertz CT molecular complexity index is 216. The molecule has 0 saturated carbocycles. The number of hydrogen-bond donors (Lipinski definition) is 1. The van der Waals surface area contributed by atoms with E-state index in [9.17, 15) is 4.79 Å². The van der Waals surface area contributed by atoms with Crippen molar-refractivity contribution < 1.29 is 4.79 Å². The van der Waals surface area contributed by atoms with Crippen molar-refractivity contribution in [3.05, 3.63) is 0 Å². The maximum atomic E-state index is 11.8. The smallest absolute Gasteiger partial charge is 0.222 e. The van der Waals surface area contributed by atoms with Gasteiger partial charge in [-0.3, -0.25) is 4.79 Å². The highest BCUT2D eigenvalue weighted by Gasteiger charge is 2.25. The molecule has 0 aromatic rings. The van der Waals surface area contributed by atoms with Gasteiger partial charge in [-0.1, -0.05) is 13.8 Å². The van der Waals surface area contributed by atoms with Crippen LogP contribution in [0, 0.1) is 11.8 Å². The highest BCUT2D eigenvalue weighted by molar-refractivity contribution is 5.76. The molecule has 15 heavy (non-hydrogen) atoms. The monoisotopic (exact) mass is 212 g/mol. The zero-order valence-corrected chi connectivity index (χ0v) is 10.2. The summed E-state index contributed by atoms with van der Waals surface area (Å²) in [6, 6.07) is 0.134. The van der Waals surface area contributed by atoms with Crippen molar-refractivity contribution in [2.45, 2.75) is 46.1 Å². The van der Waals surface area contributed by atoms with E-state index in [-0.39, 0.29) is 11.9 Å². The number of carbonyl (C=O) groups excluding carboxylic acids is 1. The van der Waals surface area contributed by atoms with Crippen LogP contribution in [0.1, 0.15) is 40.0 Å². The summed E-state index contributed by atoms with van der Waals surface area (Å²) in [6.07, 6.45) is 2.56. The molecule has 3 heteroatoms. The van der Waals surface area contributed by atoms with Crippen molar-refractivity contribution in [1.29, 1.82) is 0 Å². The summed E-state index contributed by atoms with van der Waals surface area (Å²) in [5, 5.41) is 0. The average molecular weight is 212 g/mol. The van der Waals surface area contributed by atoms with Gasteiger partial charge in [-0.15, -0.1) is 0 Å². The van der Waals surface area contributed by atoms with Crippen LogP contribution in [0.2, 0.25) is 0 Å². The number of rotatable bonds is 3. The zero-order chi connectivity index (χ0) is 11.4. The van der Waals surface area contributed by atoms with Crippen molar-refractivity contribution >= 4 is 5.91 Å². The second-order valence-electron chi connectivity index (χ2n) is 5.10. The van der Waals surface area contributed by atoms with E-state index in [1.807, 2.05) is 11.8 Å². The predicted molar refractivity (Wildman–Crippen MR) is 62.4 cm³/mol. The Morgan fingerprint density at radius 2 is 2.13 bits per heavy atom. The lowest BCUT2D eigenvalue weighted by Gasteiger charge is -2.35. The zero-order valence-electron chi connectivity index (χ0n) is 10.2. The first-order valence-corrected chi connectivity index (χ1v) is 6.04. The van der Waals surface area contributed by atoms with E-state index in [2.05, 4.69) is 13.8 Å². The summed E-state index contributed by atoms with van der Waals surface area (Å²) in [5.41, 5.74) is 5.65. The molecule has 0 bridgehead atoms. The molecule has 1 heterocycles. The Balaban J connectivity index is 2.34. The lowest BCUT2D eigenvalue weighted by molar-refractivity contribution is -0.133. The van der Waals surface area contributed by atoms with Gasteiger partial charge in [0.25, 0.3) is 0 Å². The highest BCUT2D eigenvalue weighted by Crippen LogP contribution is 2.22. The number of carbonyl (C=O) groups is 1. The van der Waals surface area contributed by atoms with E-state index in [1.54, 1.807) is 0 Å². The van der Waals surface area contributed by atoms with Gasteiger partial charge >= 0.3 is 0 Å². The molecule has 0 aromatic heterocycles. The Labute approximate surface area is 93.0 Å². The molecule has 0 aliphatic carbocycles. The van der Waals surface area contributed by atoms with Crippen LogP contribution in [-0.4, -0.2) is 29.9 Å². The number of amides is 1. The minimum Gasteiger partial charge on any atom is -0.342 e. The van der Waals surface area contributed by atoms with Gasteiger partial charge in [0.05, 0.1) is 0 Å². The van der Waals surface area contributed by atoms with Crippen molar-refractivity contribution in [3.63, 3.8) is 0 Å². The number of hydrogen-bond acceptors (Lipinski definition) is 2. The van der Waals surface area contributed by atoms with Gasteiger partial charge < -0.3 is 10.6 Å². The quantitative estimate of drug-likeness (QED) is 0.772. The summed E-state index contributed by atoms with van der Waals surface area (Å²) in [7, 11) is 0. The number of nitrogens with zero attached hydrogens (tertiary/aromatic N) is 1. The van der Waals surface area contributed by atoms with E-state index in [1.165, 1.54) is 0 Å². The fourth-order valence-corrected chi connectivity index (χ4v) is 2.00. The Kier molecular flexibility index (Phi) is 4.58. The predicted octanol–water partition coefficient (Wildman–Crippen LogP) is 1.62. The Morgan fingerprint density at radius 3 is 2.67 bits per heavy atom. The van der Waals surface area contributed by atoms with E-state index >= 15 is 0 Å². The molecule has 3 nitrogen and oxygen atoms in total. The molecule has 1 saturated heterocycles. The van der Waals surface area contributed by atoms with Gasteiger partial charge in [0.2, 0.25) is 5.91 Å². The molecule has 1 aliphatic heterocycles. The van der Waals surface area contributed by atoms with E-state index < -0.39 is 0 Å². The molecule has 1 fully saturated rings. The first kappa shape index (κ1) is 12.5. The summed E-state index contributed by atoms with van der Waals surface area (Å²) in [4.78, 5) is 13.8. The molecular formula is C12H24N2O. The Morgan fingerprint density at radius 1 is 1.47 bits per heavy atom. The second kappa shape index (κ2) is 5.50. The number of nitrogens with two attached hydrogens (primary N) is 1. The van der Waals surface area contributed by atoms with Crippen LogP contribution in [-0.2, 0) is 4.79 Å². The lowest BCUT2D eigenvalue weighted by Crippen LogP contribution is -2.42. The molecule has 88 valence electrons. The van der Waals surface area contributed by atoms with E-state index in [0.29, 0.717) is 12.3 Å². The van der Waals surface area contributed by atoms with Crippen LogP contribution in [0.25, 0.3) is 0 Å². The third kappa shape index (κ3) is 3.82. The first-order chi connectivity index (χ1) is 7.00. The third-order valence-corrected chi connectivity index (χ3v) is 3.50. The molecule has 0 spiro atoms. The summed E-state index contributed by atoms with van der Waals surface area (Å²) in [5.74, 6) is 1.67. The average Bonchev–Trinajstić information content (AvgIpc) is 2.18. The van der Waals surface area contributed by atoms with E-state index in [0.717, 1.165) is 31.8 Å². The summed E-state index contributed by atoms with van der Waals surface area (Å²) >= 11 is 0. The standard InChI is InChI=1S/C12H24N2O/c1-9-6-7-14(8-10(9)2)12(15)5-4-11(3)13/h9-11H,4-8,13H2,1-3H3. The normalized spacial score (nSPS) is 28.9. The van der Waals surface area contributed by atoms with Gasteiger partial charge in [0, 0.05) is 25.6 Å². The van der Waals surface area contributed by atoms with Gasteiger partial charge in [-0.05, 0) is 31.6 Å². The second-order valence-corrected chi connectivity index (χ2v) is 5.10.